The largest absolute Gasteiger partial charge is 0.391 e. The number of benzene rings is 1. The van der Waals surface area contributed by atoms with E-state index in [0.717, 1.165) is 0 Å². The third-order valence-corrected chi connectivity index (χ3v) is 1.88. The highest BCUT2D eigenvalue weighted by Crippen LogP contribution is 2.05. The molecular formula is C12H12O4. The van der Waals surface area contributed by atoms with Gasteiger partial charge in [0.1, 0.15) is 0 Å². The maximum Gasteiger partial charge on any atom is 0.343 e. The first-order valence-corrected chi connectivity index (χ1v) is 4.73. The highest BCUT2D eigenvalue weighted by atomic mass is 16.6. The van der Waals surface area contributed by atoms with Gasteiger partial charge in [-0.05, 0) is 5.56 Å². The second-order valence-corrected chi connectivity index (χ2v) is 3.13. The summed E-state index contributed by atoms with van der Waals surface area (Å²) in [5.41, 5.74) is 1.17. The quantitative estimate of drug-likeness (QED) is 0.569. The number of hydrogen-bond acceptors (Lipinski definition) is 4. The van der Waals surface area contributed by atoms with E-state index in [4.69, 9.17) is 5.11 Å². The maximum absolute atomic E-state index is 10.1. The molecule has 1 atom stereocenters. The van der Waals surface area contributed by atoms with Crippen molar-refractivity contribution < 1.29 is 19.4 Å². The molecular weight excluding hydrogens is 208 g/mol. The van der Waals surface area contributed by atoms with Crippen LogP contribution in [-0.2, 0) is 14.3 Å². The van der Waals surface area contributed by atoms with Crippen molar-refractivity contribution in [2.24, 2.45) is 0 Å². The molecule has 84 valence electrons. The summed E-state index contributed by atoms with van der Waals surface area (Å²) in [6, 6.07) is 10.0. The number of cyclic esters (lactones) is 2. The first-order valence-electron chi connectivity index (χ1n) is 4.73. The highest BCUT2D eigenvalue weighted by molar-refractivity contribution is 5.95. The lowest BCUT2D eigenvalue weighted by molar-refractivity contribution is -0.154. The van der Waals surface area contributed by atoms with Crippen molar-refractivity contribution in [3.8, 4) is 0 Å². The number of aliphatic hydroxyl groups is 1. The van der Waals surface area contributed by atoms with E-state index in [9.17, 15) is 9.59 Å². The summed E-state index contributed by atoms with van der Waals surface area (Å²) in [5, 5.41) is 8.47. The van der Waals surface area contributed by atoms with Gasteiger partial charge in [-0.2, -0.15) is 0 Å². The van der Waals surface area contributed by atoms with Crippen LogP contribution >= 0.6 is 0 Å². The summed E-state index contributed by atoms with van der Waals surface area (Å²) >= 11 is 0. The topological polar surface area (TPSA) is 63.6 Å². The standard InChI is InChI=1S/C8H8.C4H4O4/c1-2-8-6-4-3-5-7-8;5-2-1-3(6)8-4(2)7/h2-7H,1H2;2,5H,1H2. The van der Waals surface area contributed by atoms with Crippen LogP contribution in [0.15, 0.2) is 36.9 Å². The van der Waals surface area contributed by atoms with E-state index < -0.39 is 18.0 Å². The van der Waals surface area contributed by atoms with Gasteiger partial charge in [0.15, 0.2) is 6.10 Å². The Labute approximate surface area is 93.2 Å². The van der Waals surface area contributed by atoms with E-state index in [2.05, 4.69) is 11.3 Å². The lowest BCUT2D eigenvalue weighted by Gasteiger charge is -1.86. The predicted molar refractivity (Wildman–Crippen MR) is 58.3 cm³/mol. The van der Waals surface area contributed by atoms with Crippen molar-refractivity contribution >= 4 is 18.0 Å². The average molecular weight is 220 g/mol. The molecule has 1 N–H and O–H groups in total. The summed E-state index contributed by atoms with van der Waals surface area (Å²) in [6.07, 6.45) is 0.418. The second-order valence-electron chi connectivity index (χ2n) is 3.13. The van der Waals surface area contributed by atoms with Gasteiger partial charge in [0.05, 0.1) is 6.42 Å². The number of aliphatic hydroxyl groups excluding tert-OH is 1. The van der Waals surface area contributed by atoms with Gasteiger partial charge in [-0.15, -0.1) is 0 Å². The second kappa shape index (κ2) is 5.82. The number of hydrogen-bond donors (Lipinski definition) is 1. The molecule has 1 saturated heterocycles. The van der Waals surface area contributed by atoms with Gasteiger partial charge < -0.3 is 9.84 Å². The van der Waals surface area contributed by atoms with E-state index in [1.807, 2.05) is 36.4 Å². The zero-order valence-electron chi connectivity index (χ0n) is 8.63. The van der Waals surface area contributed by atoms with Crippen molar-refractivity contribution in [2.45, 2.75) is 12.5 Å². The molecule has 0 spiro atoms. The van der Waals surface area contributed by atoms with Gasteiger partial charge in [0.25, 0.3) is 0 Å². The zero-order chi connectivity index (χ0) is 12.0. The Bertz CT molecular complexity index is 383. The first-order chi connectivity index (χ1) is 7.63. The van der Waals surface area contributed by atoms with Crippen molar-refractivity contribution in [1.29, 1.82) is 0 Å². The van der Waals surface area contributed by atoms with E-state index in [1.54, 1.807) is 0 Å². The lowest BCUT2D eigenvalue weighted by Crippen LogP contribution is -2.11. The van der Waals surface area contributed by atoms with Crippen LogP contribution in [0.25, 0.3) is 6.08 Å². The molecule has 4 heteroatoms. The summed E-state index contributed by atoms with van der Waals surface area (Å²) in [4.78, 5) is 20.2. The van der Waals surface area contributed by atoms with Crippen LogP contribution in [0.5, 0.6) is 0 Å². The molecule has 2 rings (SSSR count). The van der Waals surface area contributed by atoms with Crippen LogP contribution in [0.1, 0.15) is 12.0 Å². The molecule has 1 aliphatic heterocycles. The van der Waals surface area contributed by atoms with Gasteiger partial charge in [-0.25, -0.2) is 4.79 Å². The normalized spacial score (nSPS) is 18.4. The molecule has 4 nitrogen and oxygen atoms in total. The van der Waals surface area contributed by atoms with Gasteiger partial charge in [-0.3, -0.25) is 4.79 Å². The fraction of sp³-hybridized carbons (Fsp3) is 0.167. The molecule has 1 fully saturated rings. The Hall–Kier alpha value is -1.94. The third-order valence-electron chi connectivity index (χ3n) is 1.88. The fourth-order valence-corrected chi connectivity index (χ4v) is 1.05. The lowest BCUT2D eigenvalue weighted by atomic mass is 10.2. The van der Waals surface area contributed by atoms with Crippen LogP contribution < -0.4 is 0 Å². The van der Waals surface area contributed by atoms with Crippen LogP contribution in [-0.4, -0.2) is 23.1 Å². The zero-order valence-corrected chi connectivity index (χ0v) is 8.63. The van der Waals surface area contributed by atoms with Crippen LogP contribution in [0, 0.1) is 0 Å². The molecule has 1 aromatic carbocycles. The Balaban J connectivity index is 0.000000160. The van der Waals surface area contributed by atoms with E-state index in [1.165, 1.54) is 5.56 Å². The molecule has 1 aromatic rings. The minimum Gasteiger partial charge on any atom is -0.391 e. The summed E-state index contributed by atoms with van der Waals surface area (Å²) in [5.74, 6) is -1.49. The van der Waals surface area contributed by atoms with Crippen LogP contribution in [0.2, 0.25) is 0 Å². The molecule has 1 aliphatic rings. The number of carbonyl (C=O) groups is 2. The van der Waals surface area contributed by atoms with Gasteiger partial charge in [-0.1, -0.05) is 43.0 Å². The van der Waals surface area contributed by atoms with E-state index in [-0.39, 0.29) is 6.42 Å². The molecule has 0 radical (unpaired) electrons. The fourth-order valence-electron chi connectivity index (χ4n) is 1.05. The smallest absolute Gasteiger partial charge is 0.343 e. The average Bonchev–Trinajstić information content (AvgIpc) is 2.58. The Morgan fingerprint density at radius 2 is 1.94 bits per heavy atom. The van der Waals surface area contributed by atoms with Crippen LogP contribution in [0.4, 0.5) is 0 Å². The van der Waals surface area contributed by atoms with Gasteiger partial charge in [0, 0.05) is 0 Å². The maximum atomic E-state index is 10.1. The monoisotopic (exact) mass is 220 g/mol. The number of rotatable bonds is 1. The van der Waals surface area contributed by atoms with Crippen molar-refractivity contribution in [3.63, 3.8) is 0 Å². The SMILES string of the molecule is C=Cc1ccccc1.O=C1CC(O)C(=O)O1. The summed E-state index contributed by atoms with van der Waals surface area (Å²) in [6.45, 7) is 3.63. The molecule has 1 unspecified atom stereocenters. The predicted octanol–water partition coefficient (Wildman–Crippen LogP) is 1.15. The third kappa shape index (κ3) is 3.67. The summed E-state index contributed by atoms with van der Waals surface area (Å²) < 4.78 is 3.95. The molecule has 1 heterocycles. The van der Waals surface area contributed by atoms with Crippen molar-refractivity contribution in [3.05, 3.63) is 42.5 Å². The minimum atomic E-state index is -1.22. The Morgan fingerprint density at radius 1 is 1.31 bits per heavy atom. The first kappa shape index (κ1) is 12.1. The van der Waals surface area contributed by atoms with Gasteiger partial charge in [0.2, 0.25) is 0 Å². The van der Waals surface area contributed by atoms with E-state index >= 15 is 0 Å². The minimum absolute atomic E-state index is 0.196. The van der Waals surface area contributed by atoms with Gasteiger partial charge >= 0.3 is 11.9 Å². The number of ether oxygens (including phenoxy) is 1. The number of carbonyl (C=O) groups excluding carboxylic acids is 2. The van der Waals surface area contributed by atoms with E-state index in [0.29, 0.717) is 0 Å². The molecule has 0 aromatic heterocycles. The highest BCUT2D eigenvalue weighted by Gasteiger charge is 2.30. The molecule has 0 saturated carbocycles. The Morgan fingerprint density at radius 3 is 2.19 bits per heavy atom. The Kier molecular flexibility index (Phi) is 4.42. The summed E-state index contributed by atoms with van der Waals surface area (Å²) in [7, 11) is 0. The molecule has 0 amide bonds. The molecule has 0 bridgehead atoms. The molecule has 0 aliphatic carbocycles. The molecule has 16 heavy (non-hydrogen) atoms. The van der Waals surface area contributed by atoms with Crippen LogP contribution in [0.3, 0.4) is 0 Å². The van der Waals surface area contributed by atoms with Crippen molar-refractivity contribution in [2.75, 3.05) is 0 Å². The van der Waals surface area contributed by atoms with Crippen molar-refractivity contribution in [1.82, 2.24) is 0 Å². The number of esters is 2.